The number of fused-ring (bicyclic) bond motifs is 2. The Morgan fingerprint density at radius 2 is 1.91 bits per heavy atom. The zero-order valence-electron chi connectivity index (χ0n) is 20.1. The molecule has 1 fully saturated rings. The molecular formula is C28H27F2N5. The van der Waals surface area contributed by atoms with Gasteiger partial charge in [0.05, 0.1) is 36.2 Å². The summed E-state index contributed by atoms with van der Waals surface area (Å²) in [5.41, 5.74) is 11.3. The number of aryl methyl sites for hydroxylation is 1. The van der Waals surface area contributed by atoms with E-state index < -0.39 is 5.92 Å². The van der Waals surface area contributed by atoms with Crippen LogP contribution in [-0.4, -0.2) is 43.9 Å². The lowest BCUT2D eigenvalue weighted by Crippen LogP contribution is -2.55. The molecule has 0 saturated carbocycles. The second-order valence-electron chi connectivity index (χ2n) is 9.86. The number of rotatable bonds is 5. The number of likely N-dealkylation sites (tertiary alicyclic amines) is 1. The third-order valence-electron chi connectivity index (χ3n) is 7.15. The van der Waals surface area contributed by atoms with Crippen molar-refractivity contribution in [2.75, 3.05) is 13.1 Å². The highest BCUT2D eigenvalue weighted by Crippen LogP contribution is 2.39. The zero-order chi connectivity index (χ0) is 24.3. The van der Waals surface area contributed by atoms with Crippen molar-refractivity contribution in [1.82, 2.24) is 24.9 Å². The summed E-state index contributed by atoms with van der Waals surface area (Å²) in [5, 5.41) is 13.4. The van der Waals surface area contributed by atoms with E-state index in [1.807, 2.05) is 30.1 Å². The summed E-state index contributed by atoms with van der Waals surface area (Å²) in [5.74, 6) is -2.52. The van der Waals surface area contributed by atoms with E-state index in [-0.39, 0.29) is 13.1 Å². The molecule has 2 aromatic heterocycles. The number of nitrogens with one attached hydrogen (secondary N) is 1. The van der Waals surface area contributed by atoms with Crippen molar-refractivity contribution >= 4 is 22.0 Å². The van der Waals surface area contributed by atoms with Crippen LogP contribution in [0.15, 0.2) is 60.3 Å². The van der Waals surface area contributed by atoms with Crippen molar-refractivity contribution in [1.29, 1.82) is 0 Å². The number of halogens is 2. The Balaban J connectivity index is 1.23. The molecule has 1 aliphatic carbocycles. The summed E-state index contributed by atoms with van der Waals surface area (Å²) in [6, 6.07) is 14.6. The highest BCUT2D eigenvalue weighted by Gasteiger charge is 2.43. The lowest BCUT2D eigenvalue weighted by molar-refractivity contribution is -0.133. The minimum atomic E-state index is -2.52. The van der Waals surface area contributed by atoms with Crippen LogP contribution in [0.2, 0.25) is 0 Å². The largest absolute Gasteiger partial charge is 0.287 e. The Kier molecular flexibility index (Phi) is 5.00. The van der Waals surface area contributed by atoms with Gasteiger partial charge in [-0.1, -0.05) is 42.0 Å². The molecule has 0 spiro atoms. The molecular weight excluding hydrogens is 444 g/mol. The number of aromatic nitrogens is 4. The number of allylic oxidation sites excluding steroid dienone is 4. The summed E-state index contributed by atoms with van der Waals surface area (Å²) in [7, 11) is 1.95. The van der Waals surface area contributed by atoms with E-state index in [0.717, 1.165) is 51.0 Å². The van der Waals surface area contributed by atoms with Crippen molar-refractivity contribution in [3.63, 3.8) is 0 Å². The summed E-state index contributed by atoms with van der Waals surface area (Å²) >= 11 is 0. The molecule has 1 aliphatic heterocycles. The molecule has 0 radical (unpaired) electrons. The van der Waals surface area contributed by atoms with Gasteiger partial charge in [-0.2, -0.15) is 10.2 Å². The van der Waals surface area contributed by atoms with Crippen LogP contribution in [0.1, 0.15) is 36.2 Å². The number of hydrogen-bond acceptors (Lipinski definition) is 3. The molecule has 0 atom stereocenters. The molecule has 178 valence electrons. The van der Waals surface area contributed by atoms with Gasteiger partial charge >= 0.3 is 0 Å². The SMILES string of the molecule is CC1=C(/C=C(\C)c2ccc(CN3CC(F)(F)C3)cc2)c2[nH]nc(-c3ccc4cnn(C)c4c3)c2C1. The van der Waals surface area contributed by atoms with Gasteiger partial charge < -0.3 is 0 Å². The third kappa shape index (κ3) is 3.90. The van der Waals surface area contributed by atoms with E-state index in [1.165, 1.54) is 16.7 Å². The quantitative estimate of drug-likeness (QED) is 0.397. The van der Waals surface area contributed by atoms with Crippen molar-refractivity contribution in [2.24, 2.45) is 7.05 Å². The Morgan fingerprint density at radius 3 is 2.66 bits per heavy atom. The normalized spacial score (nSPS) is 17.8. The average Bonchev–Trinajstić information content (AvgIpc) is 3.47. The van der Waals surface area contributed by atoms with Crippen LogP contribution in [0, 0.1) is 0 Å². The van der Waals surface area contributed by atoms with Crippen LogP contribution in [0.3, 0.4) is 0 Å². The van der Waals surface area contributed by atoms with Crippen molar-refractivity contribution in [3.8, 4) is 11.3 Å². The smallest absolute Gasteiger partial charge is 0.272 e. The van der Waals surface area contributed by atoms with Crippen LogP contribution >= 0.6 is 0 Å². The maximum atomic E-state index is 13.1. The van der Waals surface area contributed by atoms with Gasteiger partial charge in [0.1, 0.15) is 0 Å². The van der Waals surface area contributed by atoms with E-state index in [9.17, 15) is 8.78 Å². The van der Waals surface area contributed by atoms with Crippen LogP contribution in [0.4, 0.5) is 8.78 Å². The lowest BCUT2D eigenvalue weighted by atomic mass is 10.0. The Morgan fingerprint density at radius 1 is 1.14 bits per heavy atom. The number of hydrogen-bond donors (Lipinski definition) is 1. The molecule has 7 heteroatoms. The van der Waals surface area contributed by atoms with Gasteiger partial charge in [0, 0.05) is 30.1 Å². The van der Waals surface area contributed by atoms with Gasteiger partial charge in [0.15, 0.2) is 0 Å². The fraction of sp³-hybridized carbons (Fsp3) is 0.286. The highest BCUT2D eigenvalue weighted by atomic mass is 19.3. The fourth-order valence-electron chi connectivity index (χ4n) is 5.21. The van der Waals surface area contributed by atoms with Gasteiger partial charge in [-0.25, -0.2) is 8.78 Å². The van der Waals surface area contributed by atoms with E-state index >= 15 is 0 Å². The van der Waals surface area contributed by atoms with Crippen molar-refractivity contribution < 1.29 is 8.78 Å². The van der Waals surface area contributed by atoms with Gasteiger partial charge in [-0.3, -0.25) is 14.7 Å². The monoisotopic (exact) mass is 471 g/mol. The van der Waals surface area contributed by atoms with Gasteiger partial charge in [-0.15, -0.1) is 0 Å². The van der Waals surface area contributed by atoms with Gasteiger partial charge in [0.2, 0.25) is 0 Å². The molecule has 1 saturated heterocycles. The minimum absolute atomic E-state index is 0.147. The molecule has 0 bridgehead atoms. The van der Waals surface area contributed by atoms with Gasteiger partial charge in [-0.05, 0) is 54.7 Å². The second-order valence-corrected chi connectivity index (χ2v) is 9.86. The van der Waals surface area contributed by atoms with E-state index in [2.05, 4.69) is 65.6 Å². The first kappa shape index (κ1) is 21.9. The molecule has 4 aromatic rings. The van der Waals surface area contributed by atoms with Crippen LogP contribution in [0.25, 0.3) is 33.3 Å². The first-order valence-corrected chi connectivity index (χ1v) is 11.8. The number of aromatic amines is 1. The zero-order valence-corrected chi connectivity index (χ0v) is 20.1. The predicted molar refractivity (Wildman–Crippen MR) is 135 cm³/mol. The van der Waals surface area contributed by atoms with E-state index in [0.29, 0.717) is 6.54 Å². The number of nitrogens with zero attached hydrogens (tertiary/aromatic N) is 4. The maximum absolute atomic E-state index is 13.1. The molecule has 3 heterocycles. The maximum Gasteiger partial charge on any atom is 0.272 e. The molecule has 0 amide bonds. The molecule has 2 aliphatic rings. The summed E-state index contributed by atoms with van der Waals surface area (Å²) in [4.78, 5) is 1.77. The Bertz CT molecular complexity index is 1500. The Labute approximate surface area is 202 Å². The van der Waals surface area contributed by atoms with Crippen LogP contribution < -0.4 is 0 Å². The number of benzene rings is 2. The average molecular weight is 472 g/mol. The summed E-state index contributed by atoms with van der Waals surface area (Å²) < 4.78 is 28.1. The second kappa shape index (κ2) is 7.99. The molecule has 35 heavy (non-hydrogen) atoms. The summed E-state index contributed by atoms with van der Waals surface area (Å²) in [6.45, 7) is 4.55. The first-order valence-electron chi connectivity index (χ1n) is 11.8. The van der Waals surface area contributed by atoms with Crippen LogP contribution in [-0.2, 0) is 20.0 Å². The molecule has 0 unspecified atom stereocenters. The van der Waals surface area contributed by atoms with Crippen molar-refractivity contribution in [2.45, 2.75) is 32.7 Å². The topological polar surface area (TPSA) is 49.7 Å². The molecule has 2 aromatic carbocycles. The Hall–Kier alpha value is -3.58. The first-order chi connectivity index (χ1) is 16.8. The van der Waals surface area contributed by atoms with E-state index in [1.54, 1.807) is 4.90 Å². The lowest BCUT2D eigenvalue weighted by Gasteiger charge is -2.38. The van der Waals surface area contributed by atoms with Gasteiger partial charge in [0.25, 0.3) is 5.92 Å². The predicted octanol–water partition coefficient (Wildman–Crippen LogP) is 5.85. The fourth-order valence-corrected chi connectivity index (χ4v) is 5.21. The van der Waals surface area contributed by atoms with E-state index in [4.69, 9.17) is 0 Å². The standard InChI is InChI=1S/C28H27F2N5/c1-17(20-6-4-19(5-7-20)14-35-15-28(29,30)16-35)10-23-18(2)11-24-26(32-33-27(23)24)21-8-9-22-13-31-34(3)25(22)12-21/h4-10,12-13H,11,14-16H2,1-3H3,(H,32,33)/b17-10+. The summed E-state index contributed by atoms with van der Waals surface area (Å²) in [6.07, 6.45) is 4.96. The molecule has 6 rings (SSSR count). The number of H-pyrrole nitrogens is 1. The minimum Gasteiger partial charge on any atom is -0.287 e. The van der Waals surface area contributed by atoms with Crippen LogP contribution in [0.5, 0.6) is 0 Å². The third-order valence-corrected chi connectivity index (χ3v) is 7.15. The highest BCUT2D eigenvalue weighted by molar-refractivity contribution is 5.91. The molecule has 5 nitrogen and oxygen atoms in total. The molecule has 1 N–H and O–H groups in total. The number of alkyl halides is 2. The van der Waals surface area contributed by atoms with Crippen molar-refractivity contribution in [3.05, 3.63) is 82.7 Å².